The number of ketones is 3. The maximum absolute atomic E-state index is 17.0. The van der Waals surface area contributed by atoms with Gasteiger partial charge in [0.2, 0.25) is 0 Å². The van der Waals surface area contributed by atoms with Crippen molar-refractivity contribution in [2.24, 2.45) is 22.7 Å². The Hall–Kier alpha value is -1.82. The van der Waals surface area contributed by atoms with E-state index in [0.29, 0.717) is 24.8 Å². The summed E-state index contributed by atoms with van der Waals surface area (Å²) in [4.78, 5) is 50.8. The molecule has 0 unspecified atom stereocenters. The van der Waals surface area contributed by atoms with Gasteiger partial charge in [0.1, 0.15) is 0 Å². The van der Waals surface area contributed by atoms with Crippen LogP contribution in [0.4, 0.5) is 4.39 Å². The average Bonchev–Trinajstić information content (AvgIpc) is 3.01. The molecule has 0 aromatic carbocycles. The maximum Gasteiger partial charge on any atom is 0.306 e. The third kappa shape index (κ3) is 2.66. The minimum absolute atomic E-state index is 0.0908. The Kier molecular flexibility index (Phi) is 5.12. The number of fused-ring (bicyclic) bond motifs is 5. The standard InChI is InChI=1S/C24H28ClFO5/c1-4-20(30)31-23(19(29)13-25)10-8-16-17-6-5-14-11-15(27)7-9-21(14,2)24(17,26)18(28)12-22(16,23)3/h7,9,11,16-17H,4-6,8,10,12-13H2,1-3H3/t16-,17-,21-,22-,23-,24-/m0/s1. The Morgan fingerprint density at radius 2 is 1.94 bits per heavy atom. The summed E-state index contributed by atoms with van der Waals surface area (Å²) in [5, 5.41) is 0. The molecule has 0 aromatic heterocycles. The molecule has 4 aliphatic rings. The van der Waals surface area contributed by atoms with Crippen molar-refractivity contribution in [3.05, 3.63) is 23.8 Å². The number of halogens is 2. The van der Waals surface area contributed by atoms with Crippen molar-refractivity contribution in [2.45, 2.75) is 70.6 Å². The van der Waals surface area contributed by atoms with Crippen molar-refractivity contribution in [3.8, 4) is 0 Å². The highest BCUT2D eigenvalue weighted by atomic mass is 35.5. The molecule has 6 atom stereocenters. The summed E-state index contributed by atoms with van der Waals surface area (Å²) in [6, 6.07) is 0. The molecule has 7 heteroatoms. The molecular formula is C24H28ClFO5. The number of esters is 1. The first-order chi connectivity index (χ1) is 14.5. The van der Waals surface area contributed by atoms with Crippen molar-refractivity contribution < 1.29 is 28.3 Å². The zero-order chi connectivity index (χ0) is 22.8. The quantitative estimate of drug-likeness (QED) is 0.476. The highest BCUT2D eigenvalue weighted by Gasteiger charge is 2.75. The number of ether oxygens (including phenoxy) is 1. The van der Waals surface area contributed by atoms with Gasteiger partial charge in [-0.05, 0) is 50.7 Å². The molecule has 0 heterocycles. The van der Waals surface area contributed by atoms with Crippen molar-refractivity contribution in [2.75, 3.05) is 5.88 Å². The molecule has 0 amide bonds. The number of hydrogen-bond donors (Lipinski definition) is 0. The number of rotatable bonds is 4. The van der Waals surface area contributed by atoms with E-state index in [9.17, 15) is 19.2 Å². The lowest BCUT2D eigenvalue weighted by Crippen LogP contribution is -2.68. The lowest BCUT2D eigenvalue weighted by Gasteiger charge is -2.59. The summed E-state index contributed by atoms with van der Waals surface area (Å²) in [5.74, 6) is -3.04. The van der Waals surface area contributed by atoms with Gasteiger partial charge in [-0.2, -0.15) is 0 Å². The van der Waals surface area contributed by atoms with Gasteiger partial charge < -0.3 is 4.74 Å². The van der Waals surface area contributed by atoms with Gasteiger partial charge >= 0.3 is 5.97 Å². The normalized spacial score (nSPS) is 43.6. The van der Waals surface area contributed by atoms with Crippen molar-refractivity contribution in [1.82, 2.24) is 0 Å². The summed E-state index contributed by atoms with van der Waals surface area (Å²) < 4.78 is 22.7. The topological polar surface area (TPSA) is 77.5 Å². The van der Waals surface area contributed by atoms with Crippen LogP contribution in [0, 0.1) is 22.7 Å². The summed E-state index contributed by atoms with van der Waals surface area (Å²) >= 11 is 5.92. The van der Waals surface area contributed by atoms with Gasteiger partial charge in [-0.1, -0.05) is 25.5 Å². The number of Topliss-reactive ketones (excluding diaryl/α,β-unsaturated/α-hetero) is 2. The lowest BCUT2D eigenvalue weighted by molar-refractivity contribution is -0.197. The zero-order valence-corrected chi connectivity index (χ0v) is 18.9. The Morgan fingerprint density at radius 1 is 1.23 bits per heavy atom. The van der Waals surface area contributed by atoms with E-state index < -0.39 is 45.6 Å². The van der Waals surface area contributed by atoms with E-state index in [4.69, 9.17) is 16.3 Å². The van der Waals surface area contributed by atoms with E-state index in [-0.39, 0.29) is 36.8 Å². The summed E-state index contributed by atoms with van der Waals surface area (Å²) in [5.41, 5.74) is -5.25. The first kappa shape index (κ1) is 22.4. The van der Waals surface area contributed by atoms with Crippen LogP contribution in [0.15, 0.2) is 23.8 Å². The van der Waals surface area contributed by atoms with E-state index in [0.717, 1.165) is 0 Å². The molecule has 31 heavy (non-hydrogen) atoms. The predicted octanol–water partition coefficient (Wildman–Crippen LogP) is 4.07. The second kappa shape index (κ2) is 7.09. The highest BCUT2D eigenvalue weighted by molar-refractivity contribution is 6.29. The largest absolute Gasteiger partial charge is 0.450 e. The maximum atomic E-state index is 17.0. The molecular weight excluding hydrogens is 423 g/mol. The third-order valence-electron chi connectivity index (χ3n) is 8.67. The number of carbonyl (C=O) groups excluding carboxylic acids is 4. The number of hydrogen-bond acceptors (Lipinski definition) is 5. The molecule has 0 bridgehead atoms. The molecule has 0 N–H and O–H groups in total. The fraction of sp³-hybridized carbons (Fsp3) is 0.667. The summed E-state index contributed by atoms with van der Waals surface area (Å²) in [6.45, 7) is 5.11. The first-order valence-corrected chi connectivity index (χ1v) is 11.5. The molecule has 168 valence electrons. The molecule has 3 saturated carbocycles. The molecule has 4 rings (SSSR count). The minimum atomic E-state index is -2.17. The monoisotopic (exact) mass is 450 g/mol. The molecule has 0 radical (unpaired) electrons. The molecule has 0 aliphatic heterocycles. The Morgan fingerprint density at radius 3 is 2.58 bits per heavy atom. The van der Waals surface area contributed by atoms with Crippen LogP contribution < -0.4 is 0 Å². The zero-order valence-electron chi connectivity index (χ0n) is 18.1. The van der Waals surface area contributed by atoms with E-state index >= 15 is 4.39 Å². The average molecular weight is 451 g/mol. The van der Waals surface area contributed by atoms with Gasteiger partial charge in [0.15, 0.2) is 28.6 Å². The fourth-order valence-electron chi connectivity index (χ4n) is 6.98. The second-order valence-electron chi connectivity index (χ2n) is 9.84. The van der Waals surface area contributed by atoms with E-state index in [1.165, 1.54) is 12.2 Å². The molecule has 4 aliphatic carbocycles. The molecule has 5 nitrogen and oxygen atoms in total. The van der Waals surface area contributed by atoms with Crippen LogP contribution >= 0.6 is 11.6 Å². The van der Waals surface area contributed by atoms with Gasteiger partial charge in [-0.25, -0.2) is 4.39 Å². The van der Waals surface area contributed by atoms with Crippen LogP contribution in [0.2, 0.25) is 0 Å². The minimum Gasteiger partial charge on any atom is -0.450 e. The van der Waals surface area contributed by atoms with Crippen molar-refractivity contribution >= 4 is 34.9 Å². The van der Waals surface area contributed by atoms with Crippen LogP contribution in [0.1, 0.15) is 59.3 Å². The predicted molar refractivity (Wildman–Crippen MR) is 112 cm³/mol. The smallest absolute Gasteiger partial charge is 0.306 e. The number of alkyl halides is 2. The summed E-state index contributed by atoms with van der Waals surface area (Å²) in [6.07, 6.45) is 5.83. The van der Waals surface area contributed by atoms with Gasteiger partial charge in [-0.15, -0.1) is 11.6 Å². The highest BCUT2D eigenvalue weighted by Crippen LogP contribution is 2.69. The van der Waals surface area contributed by atoms with Crippen LogP contribution in [-0.4, -0.2) is 40.5 Å². The lowest BCUT2D eigenvalue weighted by atomic mass is 9.45. The Balaban J connectivity index is 1.82. The first-order valence-electron chi connectivity index (χ1n) is 11.0. The molecule has 0 aromatic rings. The van der Waals surface area contributed by atoms with Crippen LogP contribution in [-0.2, 0) is 23.9 Å². The second-order valence-corrected chi connectivity index (χ2v) is 10.1. The van der Waals surface area contributed by atoms with E-state index in [1.807, 2.05) is 0 Å². The number of carbonyl (C=O) groups is 4. The van der Waals surface area contributed by atoms with Crippen molar-refractivity contribution in [3.63, 3.8) is 0 Å². The van der Waals surface area contributed by atoms with Gasteiger partial charge in [0.25, 0.3) is 0 Å². The molecule has 0 saturated heterocycles. The third-order valence-corrected chi connectivity index (χ3v) is 8.91. The van der Waals surface area contributed by atoms with Gasteiger partial charge in [-0.3, -0.25) is 19.2 Å². The van der Waals surface area contributed by atoms with Crippen LogP contribution in [0.25, 0.3) is 0 Å². The van der Waals surface area contributed by atoms with Crippen molar-refractivity contribution in [1.29, 1.82) is 0 Å². The molecule has 0 spiro atoms. The van der Waals surface area contributed by atoms with Crippen LogP contribution in [0.5, 0.6) is 0 Å². The van der Waals surface area contributed by atoms with Crippen LogP contribution in [0.3, 0.4) is 0 Å². The van der Waals surface area contributed by atoms with E-state index in [2.05, 4.69) is 0 Å². The Labute approximate surface area is 186 Å². The van der Waals surface area contributed by atoms with Gasteiger partial charge in [0, 0.05) is 29.6 Å². The van der Waals surface area contributed by atoms with E-state index in [1.54, 1.807) is 26.8 Å². The van der Waals surface area contributed by atoms with Gasteiger partial charge in [0.05, 0.1) is 5.88 Å². The fourth-order valence-corrected chi connectivity index (χ4v) is 7.20. The molecule has 3 fully saturated rings. The summed E-state index contributed by atoms with van der Waals surface area (Å²) in [7, 11) is 0. The Bertz CT molecular complexity index is 940. The number of allylic oxidation sites excluding steroid dienone is 4. The SMILES string of the molecule is CCC(=O)O[C@]1(C(=O)CCl)CC[C@H]2[C@@H]3CCC4=CC(=O)C=C[C@]4(C)[C@@]3(F)C(=O)C[C@@]21C.